The van der Waals surface area contributed by atoms with Gasteiger partial charge in [-0.3, -0.25) is 4.79 Å². The van der Waals surface area contributed by atoms with Gasteiger partial charge in [0.1, 0.15) is 10.0 Å². The van der Waals surface area contributed by atoms with Gasteiger partial charge in [0.05, 0.1) is 6.54 Å². The molecule has 0 spiro atoms. The topological polar surface area (TPSA) is 87.2 Å². The number of hydrogen-bond acceptors (Lipinski definition) is 5. The molecule has 1 aliphatic rings. The van der Waals surface area contributed by atoms with Crippen molar-refractivity contribution in [3.8, 4) is 0 Å². The maximum Gasteiger partial charge on any atom is 0.319 e. The molecule has 1 aliphatic heterocycles. The maximum atomic E-state index is 12.1. The Balaban J connectivity index is 1.59. The van der Waals surface area contributed by atoms with E-state index in [2.05, 4.69) is 20.8 Å². The zero-order chi connectivity index (χ0) is 17.8. The van der Waals surface area contributed by atoms with Gasteiger partial charge in [-0.15, -0.1) is 10.2 Å². The molecule has 8 heteroatoms. The molecule has 3 rings (SSSR count). The molecule has 0 radical (unpaired) electrons. The van der Waals surface area contributed by atoms with E-state index < -0.39 is 0 Å². The highest BCUT2D eigenvalue weighted by atomic mass is 32.1. The molecule has 25 heavy (non-hydrogen) atoms. The van der Waals surface area contributed by atoms with Crippen molar-refractivity contribution in [2.24, 2.45) is 0 Å². The first kappa shape index (κ1) is 17.3. The number of aryl methyl sites for hydroxylation is 1. The van der Waals surface area contributed by atoms with Gasteiger partial charge in [-0.25, -0.2) is 4.79 Å². The van der Waals surface area contributed by atoms with Crippen molar-refractivity contribution < 1.29 is 9.59 Å². The highest BCUT2D eigenvalue weighted by Gasteiger charge is 2.28. The van der Waals surface area contributed by atoms with Crippen LogP contribution in [0.25, 0.3) is 0 Å². The van der Waals surface area contributed by atoms with Gasteiger partial charge in [-0.1, -0.05) is 24.3 Å². The number of aromatic nitrogens is 2. The van der Waals surface area contributed by atoms with Crippen molar-refractivity contribution in [3.05, 3.63) is 34.3 Å². The minimum atomic E-state index is -0.314. The van der Waals surface area contributed by atoms with E-state index >= 15 is 0 Å². The van der Waals surface area contributed by atoms with Crippen LogP contribution in [0.4, 0.5) is 16.2 Å². The fourth-order valence-corrected chi connectivity index (χ4v) is 3.52. The number of benzene rings is 1. The Hall–Kier alpha value is -2.48. The van der Waals surface area contributed by atoms with E-state index in [0.29, 0.717) is 18.7 Å². The summed E-state index contributed by atoms with van der Waals surface area (Å²) in [7, 11) is 0. The lowest BCUT2D eigenvalue weighted by atomic mass is 10.2. The number of urea groups is 1. The first-order valence-corrected chi connectivity index (χ1v) is 9.16. The quantitative estimate of drug-likeness (QED) is 0.859. The molecule has 3 amide bonds. The van der Waals surface area contributed by atoms with E-state index in [9.17, 15) is 9.59 Å². The van der Waals surface area contributed by atoms with Gasteiger partial charge in [0.25, 0.3) is 0 Å². The highest BCUT2D eigenvalue weighted by molar-refractivity contribution is 7.11. The molecule has 1 saturated heterocycles. The third kappa shape index (κ3) is 4.14. The predicted molar refractivity (Wildman–Crippen MR) is 97.8 cm³/mol. The maximum absolute atomic E-state index is 12.1. The van der Waals surface area contributed by atoms with Crippen LogP contribution in [0.3, 0.4) is 0 Å². The van der Waals surface area contributed by atoms with Crippen molar-refractivity contribution in [1.82, 2.24) is 15.5 Å². The average Bonchev–Trinajstić information content (AvgIpc) is 3.19. The first-order chi connectivity index (χ1) is 12.1. The fraction of sp³-hybridized carbons (Fsp3) is 0.412. The van der Waals surface area contributed by atoms with Crippen LogP contribution in [-0.2, 0) is 17.8 Å². The van der Waals surface area contributed by atoms with Crippen molar-refractivity contribution >= 4 is 34.6 Å². The molecule has 1 atom stereocenters. The standard InChI is InChI=1S/C17H21N5O2S/c1-3-14-20-21-15(25-14)10-18-17(24)19-12-5-4-6-13(9-12)22-11(2)7-8-16(22)23/h4-6,9,11H,3,7-8,10H2,1-2H3,(H2,18,19,24)/t11-/m1/s1. The summed E-state index contributed by atoms with van der Waals surface area (Å²) in [4.78, 5) is 25.9. The summed E-state index contributed by atoms with van der Waals surface area (Å²) in [6.07, 6.45) is 2.27. The number of carbonyl (C=O) groups is 2. The second-order valence-electron chi connectivity index (χ2n) is 5.95. The molecule has 0 saturated carbocycles. The molecule has 7 nitrogen and oxygen atoms in total. The van der Waals surface area contributed by atoms with Crippen LogP contribution < -0.4 is 15.5 Å². The van der Waals surface area contributed by atoms with Crippen LogP contribution in [0.1, 0.15) is 36.7 Å². The molecule has 0 bridgehead atoms. The summed E-state index contributed by atoms with van der Waals surface area (Å²) in [5.41, 5.74) is 1.46. The summed E-state index contributed by atoms with van der Waals surface area (Å²) < 4.78 is 0. The number of hydrogen-bond donors (Lipinski definition) is 2. The van der Waals surface area contributed by atoms with Crippen LogP contribution in [0, 0.1) is 0 Å². The van der Waals surface area contributed by atoms with Crippen LogP contribution in [0.2, 0.25) is 0 Å². The number of nitrogens with one attached hydrogen (secondary N) is 2. The molecule has 1 aromatic heterocycles. The molecule has 132 valence electrons. The Morgan fingerprint density at radius 3 is 2.84 bits per heavy atom. The van der Waals surface area contributed by atoms with Gasteiger partial charge >= 0.3 is 6.03 Å². The zero-order valence-electron chi connectivity index (χ0n) is 14.3. The molecule has 2 heterocycles. The number of carbonyl (C=O) groups excluding carboxylic acids is 2. The van der Waals surface area contributed by atoms with Gasteiger partial charge < -0.3 is 15.5 Å². The average molecular weight is 359 g/mol. The number of nitrogens with zero attached hydrogens (tertiary/aromatic N) is 3. The number of rotatable bonds is 5. The molecule has 2 aromatic rings. The largest absolute Gasteiger partial charge is 0.331 e. The Labute approximate surface area is 150 Å². The highest BCUT2D eigenvalue weighted by Crippen LogP contribution is 2.28. The van der Waals surface area contributed by atoms with Crippen LogP contribution in [0.5, 0.6) is 0 Å². The van der Waals surface area contributed by atoms with Crippen molar-refractivity contribution in [2.45, 2.75) is 45.7 Å². The summed E-state index contributed by atoms with van der Waals surface area (Å²) in [6.45, 7) is 4.39. The Morgan fingerprint density at radius 2 is 2.16 bits per heavy atom. The summed E-state index contributed by atoms with van der Waals surface area (Å²) in [6, 6.07) is 7.21. The first-order valence-electron chi connectivity index (χ1n) is 8.35. The van der Waals surface area contributed by atoms with Gasteiger partial charge in [0.2, 0.25) is 5.91 Å². The molecule has 0 aliphatic carbocycles. The lowest BCUT2D eigenvalue weighted by Gasteiger charge is -2.22. The minimum absolute atomic E-state index is 0.122. The Bertz CT molecular complexity index is 776. The lowest BCUT2D eigenvalue weighted by molar-refractivity contribution is -0.117. The summed E-state index contributed by atoms with van der Waals surface area (Å²) >= 11 is 1.49. The predicted octanol–water partition coefficient (Wildman–Crippen LogP) is 2.94. The molecule has 1 fully saturated rings. The van der Waals surface area contributed by atoms with Crippen LogP contribution in [0.15, 0.2) is 24.3 Å². The molecular weight excluding hydrogens is 338 g/mol. The van der Waals surface area contributed by atoms with Crippen molar-refractivity contribution in [1.29, 1.82) is 0 Å². The molecular formula is C17H21N5O2S. The van der Waals surface area contributed by atoms with Gasteiger partial charge in [-0.05, 0) is 38.0 Å². The third-order valence-corrected chi connectivity index (χ3v) is 5.15. The van der Waals surface area contributed by atoms with E-state index in [-0.39, 0.29) is 18.0 Å². The van der Waals surface area contributed by atoms with Gasteiger partial charge in [-0.2, -0.15) is 0 Å². The fourth-order valence-electron chi connectivity index (χ4n) is 2.79. The molecule has 0 unspecified atom stereocenters. The normalized spacial score (nSPS) is 17.0. The second-order valence-corrected chi connectivity index (χ2v) is 7.10. The molecule has 2 N–H and O–H groups in total. The summed E-state index contributed by atoms with van der Waals surface area (Å²) in [5.74, 6) is 0.122. The molecule has 1 aromatic carbocycles. The smallest absolute Gasteiger partial charge is 0.319 e. The van der Waals surface area contributed by atoms with Gasteiger partial charge in [0.15, 0.2) is 0 Å². The van der Waals surface area contributed by atoms with Crippen molar-refractivity contribution in [2.75, 3.05) is 10.2 Å². The lowest BCUT2D eigenvalue weighted by Crippen LogP contribution is -2.31. The van der Waals surface area contributed by atoms with E-state index in [1.54, 1.807) is 11.0 Å². The van der Waals surface area contributed by atoms with E-state index in [0.717, 1.165) is 28.5 Å². The Morgan fingerprint density at radius 1 is 1.36 bits per heavy atom. The Kier molecular flexibility index (Phi) is 5.28. The van der Waals surface area contributed by atoms with Crippen LogP contribution in [-0.4, -0.2) is 28.2 Å². The van der Waals surface area contributed by atoms with E-state index in [4.69, 9.17) is 0 Å². The van der Waals surface area contributed by atoms with E-state index in [1.165, 1.54) is 11.3 Å². The zero-order valence-corrected chi connectivity index (χ0v) is 15.1. The SMILES string of the molecule is CCc1nnc(CNC(=O)Nc2cccc(N3C(=O)CC[C@H]3C)c2)s1. The van der Waals surface area contributed by atoms with Crippen molar-refractivity contribution in [3.63, 3.8) is 0 Å². The van der Waals surface area contributed by atoms with Gasteiger partial charge in [0, 0.05) is 23.8 Å². The minimum Gasteiger partial charge on any atom is -0.331 e. The number of anilines is 2. The van der Waals surface area contributed by atoms with E-state index in [1.807, 2.05) is 32.0 Å². The third-order valence-electron chi connectivity index (χ3n) is 4.08. The summed E-state index contributed by atoms with van der Waals surface area (Å²) in [5, 5.41) is 15.3. The van der Waals surface area contributed by atoms with Crippen LogP contribution >= 0.6 is 11.3 Å². The second kappa shape index (κ2) is 7.60. The number of amides is 3. The monoisotopic (exact) mass is 359 g/mol.